The summed E-state index contributed by atoms with van der Waals surface area (Å²) in [5, 5.41) is 14.2. The maximum absolute atomic E-state index is 10.6. The fourth-order valence-corrected chi connectivity index (χ4v) is 2.82. The first-order chi connectivity index (χ1) is 8.94. The van der Waals surface area contributed by atoms with Crippen molar-refractivity contribution in [1.29, 1.82) is 0 Å². The summed E-state index contributed by atoms with van der Waals surface area (Å²) < 4.78 is 0. The van der Waals surface area contributed by atoms with Gasteiger partial charge in [-0.05, 0) is 17.9 Å². The third-order valence-corrected chi connectivity index (χ3v) is 4.22. The minimum Gasteiger partial charge on any atom is -0.311 e. The minimum atomic E-state index is -0.331. The molecule has 0 atom stereocenters. The lowest BCUT2D eigenvalue weighted by Gasteiger charge is -2.24. The van der Waals surface area contributed by atoms with Crippen LogP contribution in [0.15, 0.2) is 12.1 Å². The fraction of sp³-hybridized carbons (Fsp3) is 0.714. The average Bonchev–Trinajstić information content (AvgIpc) is 2.78. The second-order valence-corrected chi connectivity index (χ2v) is 6.87. The Morgan fingerprint density at radius 1 is 1.37 bits per heavy atom. The van der Waals surface area contributed by atoms with Crippen LogP contribution in [0.5, 0.6) is 0 Å². The summed E-state index contributed by atoms with van der Waals surface area (Å²) in [7, 11) is 0. The summed E-state index contributed by atoms with van der Waals surface area (Å²) in [6, 6.07) is 3.41. The summed E-state index contributed by atoms with van der Waals surface area (Å²) in [6.45, 7) is 8.42. The molecule has 0 amide bonds. The molecule has 0 radical (unpaired) electrons. The van der Waals surface area contributed by atoms with E-state index >= 15 is 0 Å². The maximum atomic E-state index is 10.6. The van der Waals surface area contributed by atoms with E-state index < -0.39 is 0 Å². The molecule has 5 heteroatoms. The first-order valence-corrected chi connectivity index (χ1v) is 7.70. The highest BCUT2D eigenvalue weighted by molar-refractivity contribution is 7.15. The van der Waals surface area contributed by atoms with E-state index in [-0.39, 0.29) is 9.92 Å². The SMILES string of the molecule is CCCCCC(C)(C)CNCc1ccc([N+](=O)[O-])s1. The van der Waals surface area contributed by atoms with Gasteiger partial charge < -0.3 is 5.32 Å². The number of thiophene rings is 1. The Kier molecular flexibility index (Phi) is 6.45. The van der Waals surface area contributed by atoms with Crippen LogP contribution in [0.2, 0.25) is 0 Å². The molecule has 0 fully saturated rings. The van der Waals surface area contributed by atoms with Gasteiger partial charge in [-0.1, -0.05) is 51.4 Å². The van der Waals surface area contributed by atoms with Crippen LogP contribution in [0, 0.1) is 15.5 Å². The van der Waals surface area contributed by atoms with Crippen molar-refractivity contribution in [1.82, 2.24) is 5.32 Å². The van der Waals surface area contributed by atoms with Crippen molar-refractivity contribution < 1.29 is 4.92 Å². The molecule has 4 nitrogen and oxygen atoms in total. The van der Waals surface area contributed by atoms with Crippen molar-refractivity contribution in [3.05, 3.63) is 27.1 Å². The highest BCUT2D eigenvalue weighted by Gasteiger charge is 2.17. The van der Waals surface area contributed by atoms with Crippen LogP contribution in [0.25, 0.3) is 0 Å². The quantitative estimate of drug-likeness (QED) is 0.416. The second-order valence-electron chi connectivity index (χ2n) is 5.72. The van der Waals surface area contributed by atoms with Crippen molar-refractivity contribution in [2.45, 2.75) is 53.0 Å². The number of unbranched alkanes of at least 4 members (excludes halogenated alkanes) is 2. The topological polar surface area (TPSA) is 55.2 Å². The third kappa shape index (κ3) is 6.16. The standard InChI is InChI=1S/C14H24N2O2S/c1-4-5-6-9-14(2,3)11-15-10-12-7-8-13(19-12)16(17)18/h7-8,15H,4-6,9-11H2,1-3H3. The van der Waals surface area contributed by atoms with E-state index in [0.717, 1.165) is 18.0 Å². The predicted octanol–water partition coefficient (Wildman–Crippen LogP) is 4.35. The molecule has 0 saturated heterocycles. The Hall–Kier alpha value is -0.940. The zero-order valence-electron chi connectivity index (χ0n) is 12.1. The van der Waals surface area contributed by atoms with Gasteiger partial charge in [-0.25, -0.2) is 0 Å². The molecule has 0 spiro atoms. The van der Waals surface area contributed by atoms with Crippen LogP contribution in [0.3, 0.4) is 0 Å². The van der Waals surface area contributed by atoms with Crippen molar-refractivity contribution in [3.63, 3.8) is 0 Å². The Morgan fingerprint density at radius 2 is 2.11 bits per heavy atom. The zero-order chi connectivity index (χ0) is 14.3. The van der Waals surface area contributed by atoms with Gasteiger partial charge in [0.1, 0.15) is 0 Å². The number of nitrogens with zero attached hydrogens (tertiary/aromatic N) is 1. The molecule has 19 heavy (non-hydrogen) atoms. The minimum absolute atomic E-state index is 0.221. The van der Waals surface area contributed by atoms with E-state index in [0.29, 0.717) is 5.41 Å². The van der Waals surface area contributed by atoms with Crippen LogP contribution in [-0.2, 0) is 6.54 Å². The van der Waals surface area contributed by atoms with Gasteiger partial charge in [0.25, 0.3) is 0 Å². The van der Waals surface area contributed by atoms with Crippen LogP contribution >= 0.6 is 11.3 Å². The van der Waals surface area contributed by atoms with Crippen molar-refractivity contribution >= 4 is 16.3 Å². The molecular weight excluding hydrogens is 260 g/mol. The smallest absolute Gasteiger partial charge is 0.311 e. The third-order valence-electron chi connectivity index (χ3n) is 3.19. The van der Waals surface area contributed by atoms with E-state index in [4.69, 9.17) is 0 Å². The summed E-state index contributed by atoms with van der Waals surface area (Å²) in [5.41, 5.74) is 0.290. The first kappa shape index (κ1) is 16.1. The fourth-order valence-electron chi connectivity index (χ4n) is 2.03. The molecule has 0 bridgehead atoms. The largest absolute Gasteiger partial charge is 0.324 e. The molecule has 1 N–H and O–H groups in total. The van der Waals surface area contributed by atoms with Gasteiger partial charge in [0.15, 0.2) is 0 Å². The maximum Gasteiger partial charge on any atom is 0.324 e. The molecule has 1 aromatic rings. The zero-order valence-corrected chi connectivity index (χ0v) is 12.9. The molecule has 0 aliphatic carbocycles. The number of nitro groups is 1. The summed E-state index contributed by atoms with van der Waals surface area (Å²) in [4.78, 5) is 11.3. The number of nitrogens with one attached hydrogen (secondary N) is 1. The van der Waals surface area contributed by atoms with Gasteiger partial charge in [-0.15, -0.1) is 0 Å². The van der Waals surface area contributed by atoms with Gasteiger partial charge in [-0.2, -0.15) is 0 Å². The highest BCUT2D eigenvalue weighted by atomic mass is 32.1. The monoisotopic (exact) mass is 284 g/mol. The normalized spacial score (nSPS) is 11.7. The van der Waals surface area contributed by atoms with Crippen molar-refractivity contribution in [2.75, 3.05) is 6.54 Å². The Labute approximate surface area is 119 Å². The lowest BCUT2D eigenvalue weighted by molar-refractivity contribution is -0.380. The van der Waals surface area contributed by atoms with Crippen LogP contribution in [0.4, 0.5) is 5.00 Å². The van der Waals surface area contributed by atoms with Gasteiger partial charge in [0.2, 0.25) is 0 Å². The first-order valence-electron chi connectivity index (χ1n) is 6.88. The molecular formula is C14H24N2O2S. The van der Waals surface area contributed by atoms with Crippen LogP contribution in [-0.4, -0.2) is 11.5 Å². The van der Waals surface area contributed by atoms with Crippen LogP contribution in [0.1, 0.15) is 51.3 Å². The number of rotatable bonds is 9. The summed E-state index contributed by atoms with van der Waals surface area (Å²) in [5.74, 6) is 0. The average molecular weight is 284 g/mol. The number of hydrogen-bond donors (Lipinski definition) is 1. The molecule has 0 aliphatic heterocycles. The summed E-state index contributed by atoms with van der Waals surface area (Å²) >= 11 is 1.25. The van der Waals surface area contributed by atoms with Crippen LogP contribution < -0.4 is 5.32 Å². The highest BCUT2D eigenvalue weighted by Crippen LogP contribution is 2.25. The Balaban J connectivity index is 2.30. The second kappa shape index (κ2) is 7.60. The van der Waals surface area contributed by atoms with Gasteiger partial charge in [0.05, 0.1) is 4.92 Å². The molecule has 0 unspecified atom stereocenters. The molecule has 0 aromatic carbocycles. The van der Waals surface area contributed by atoms with E-state index in [1.165, 1.54) is 37.0 Å². The lowest BCUT2D eigenvalue weighted by atomic mass is 9.87. The van der Waals surface area contributed by atoms with E-state index in [9.17, 15) is 10.1 Å². The van der Waals surface area contributed by atoms with Crippen molar-refractivity contribution in [3.8, 4) is 0 Å². The molecule has 1 aromatic heterocycles. The van der Waals surface area contributed by atoms with E-state index in [1.54, 1.807) is 6.07 Å². The van der Waals surface area contributed by atoms with Gasteiger partial charge in [0, 0.05) is 24.0 Å². The van der Waals surface area contributed by atoms with Crippen molar-refractivity contribution in [2.24, 2.45) is 5.41 Å². The van der Waals surface area contributed by atoms with E-state index in [1.807, 2.05) is 6.07 Å². The molecule has 1 rings (SSSR count). The lowest BCUT2D eigenvalue weighted by Crippen LogP contribution is -2.28. The predicted molar refractivity (Wildman–Crippen MR) is 80.6 cm³/mol. The Bertz CT molecular complexity index is 402. The van der Waals surface area contributed by atoms with Gasteiger partial charge in [-0.3, -0.25) is 10.1 Å². The molecule has 108 valence electrons. The molecule has 1 heterocycles. The van der Waals surface area contributed by atoms with E-state index in [2.05, 4.69) is 26.1 Å². The van der Waals surface area contributed by atoms with Gasteiger partial charge >= 0.3 is 5.00 Å². The Morgan fingerprint density at radius 3 is 2.68 bits per heavy atom. The molecule has 0 aliphatic rings. The summed E-state index contributed by atoms with van der Waals surface area (Å²) in [6.07, 6.45) is 5.04. The number of hydrogen-bond acceptors (Lipinski definition) is 4. The molecule has 0 saturated carbocycles.